The molecule has 0 amide bonds. The van der Waals surface area contributed by atoms with Crippen molar-refractivity contribution < 1.29 is 14.6 Å². The molecule has 0 bridgehead atoms. The topological polar surface area (TPSA) is 81.4 Å². The monoisotopic (exact) mass is 482 g/mol. The molecule has 2 aliphatic heterocycles. The molecule has 6 rings (SSSR count). The maximum atomic E-state index is 13.4. The number of cyclic esters (lactones) is 1. The van der Waals surface area contributed by atoms with Crippen molar-refractivity contribution in [1.82, 2.24) is 9.55 Å². The number of pyridine rings is 2. The Balaban J connectivity index is 1.59. The summed E-state index contributed by atoms with van der Waals surface area (Å²) < 4.78 is 6.86. The van der Waals surface area contributed by atoms with Gasteiger partial charge < -0.3 is 14.4 Å². The van der Waals surface area contributed by atoms with Crippen LogP contribution in [0.15, 0.2) is 65.5 Å². The molecule has 0 aliphatic carbocycles. The minimum absolute atomic E-state index is 0.123. The van der Waals surface area contributed by atoms with Gasteiger partial charge in [-0.2, -0.15) is 0 Å². The molecule has 0 radical (unpaired) electrons. The number of carbonyl (C=O) groups is 1. The number of ether oxygens (including phenoxy) is 1. The summed E-state index contributed by atoms with van der Waals surface area (Å²) in [5, 5.41) is 14.7. The van der Waals surface area contributed by atoms with E-state index >= 15 is 0 Å². The summed E-state index contributed by atoms with van der Waals surface area (Å²) in [7, 11) is -2.05. The number of nitrogens with zero attached hydrogens (tertiary/aromatic N) is 2. The van der Waals surface area contributed by atoms with E-state index in [2.05, 4.69) is 61.6 Å². The zero-order chi connectivity index (χ0) is 24.5. The predicted octanol–water partition coefficient (Wildman–Crippen LogP) is 2.90. The number of para-hydroxylation sites is 1. The van der Waals surface area contributed by atoms with E-state index in [1.165, 1.54) is 10.4 Å². The Hall–Kier alpha value is -3.55. The highest BCUT2D eigenvalue weighted by Crippen LogP contribution is 2.38. The van der Waals surface area contributed by atoms with Crippen molar-refractivity contribution in [3.05, 3.63) is 87.7 Å². The minimum Gasteiger partial charge on any atom is -0.458 e. The van der Waals surface area contributed by atoms with Crippen LogP contribution in [0.5, 0.6) is 0 Å². The lowest BCUT2D eigenvalue weighted by Crippen LogP contribution is -2.53. The molecule has 0 saturated carbocycles. The van der Waals surface area contributed by atoms with Gasteiger partial charge in [0.15, 0.2) is 5.60 Å². The van der Waals surface area contributed by atoms with Crippen molar-refractivity contribution in [3.63, 3.8) is 0 Å². The van der Waals surface area contributed by atoms with Crippen LogP contribution in [-0.4, -0.2) is 28.7 Å². The van der Waals surface area contributed by atoms with E-state index in [9.17, 15) is 14.7 Å². The molecule has 0 fully saturated rings. The van der Waals surface area contributed by atoms with Crippen molar-refractivity contribution in [2.24, 2.45) is 0 Å². The lowest BCUT2D eigenvalue weighted by molar-refractivity contribution is -0.172. The van der Waals surface area contributed by atoms with Crippen LogP contribution in [0, 0.1) is 0 Å². The molecule has 4 heterocycles. The second kappa shape index (κ2) is 7.47. The maximum Gasteiger partial charge on any atom is 0.343 e. The molecule has 1 atom stereocenters. The van der Waals surface area contributed by atoms with E-state index in [1.807, 2.05) is 6.07 Å². The zero-order valence-corrected chi connectivity index (χ0v) is 21.0. The van der Waals surface area contributed by atoms with Gasteiger partial charge in [-0.15, -0.1) is 0 Å². The first-order valence-electron chi connectivity index (χ1n) is 11.9. The fourth-order valence-corrected chi connectivity index (χ4v) is 8.16. The van der Waals surface area contributed by atoms with E-state index in [0.717, 1.165) is 22.2 Å². The second-order valence-corrected chi connectivity index (χ2v) is 14.3. The number of aromatic nitrogens is 2. The Kier molecular flexibility index (Phi) is 4.68. The van der Waals surface area contributed by atoms with Gasteiger partial charge in [-0.25, -0.2) is 9.78 Å². The summed E-state index contributed by atoms with van der Waals surface area (Å²) in [5.41, 5.74) is 1.90. The summed E-state index contributed by atoms with van der Waals surface area (Å²) in [6.07, 6.45) is 0.126. The Morgan fingerprint density at radius 3 is 2.60 bits per heavy atom. The highest BCUT2D eigenvalue weighted by Gasteiger charge is 2.45. The Morgan fingerprint density at radius 2 is 1.86 bits per heavy atom. The van der Waals surface area contributed by atoms with Crippen LogP contribution in [0.2, 0.25) is 13.1 Å². The van der Waals surface area contributed by atoms with Crippen LogP contribution in [-0.2, 0) is 28.3 Å². The summed E-state index contributed by atoms with van der Waals surface area (Å²) >= 11 is 0. The molecule has 4 aromatic rings. The van der Waals surface area contributed by atoms with E-state index < -0.39 is 19.6 Å². The van der Waals surface area contributed by atoms with E-state index in [0.29, 0.717) is 23.4 Å². The van der Waals surface area contributed by atoms with Gasteiger partial charge in [0.05, 0.1) is 29.0 Å². The molecule has 0 saturated heterocycles. The van der Waals surface area contributed by atoms with Gasteiger partial charge in [-0.3, -0.25) is 4.79 Å². The van der Waals surface area contributed by atoms with Gasteiger partial charge >= 0.3 is 5.97 Å². The van der Waals surface area contributed by atoms with Gasteiger partial charge in [-0.05, 0) is 23.7 Å². The van der Waals surface area contributed by atoms with Gasteiger partial charge in [-0.1, -0.05) is 73.7 Å². The van der Waals surface area contributed by atoms with Crippen molar-refractivity contribution in [3.8, 4) is 11.4 Å². The standard InChI is InChI=1S/C28H26N2O4Si/c1-4-28(33)21-14-22-24-18(15-30(22)26(31)20(21)16-34-27(28)32)13-17-9-8-12-23(25(17)29-24)35(2,3)19-10-6-5-7-11-19/h5-14,33H,4,15-16H2,1-3H3/t28-/m0/s1. The third-order valence-corrected chi connectivity index (χ3v) is 11.2. The Morgan fingerprint density at radius 1 is 1.09 bits per heavy atom. The van der Waals surface area contributed by atoms with Gasteiger partial charge in [0.1, 0.15) is 14.7 Å². The van der Waals surface area contributed by atoms with Crippen molar-refractivity contribution in [1.29, 1.82) is 0 Å². The van der Waals surface area contributed by atoms with Crippen LogP contribution in [0.1, 0.15) is 30.0 Å². The molecule has 0 spiro atoms. The summed E-state index contributed by atoms with van der Waals surface area (Å²) in [6, 6.07) is 20.8. The number of esters is 1. The Bertz CT molecular complexity index is 1590. The molecule has 2 aromatic carbocycles. The minimum atomic E-state index is -2.05. The number of benzene rings is 2. The quantitative estimate of drug-likeness (QED) is 0.316. The molecule has 2 aromatic heterocycles. The van der Waals surface area contributed by atoms with Gasteiger partial charge in [0.25, 0.3) is 5.56 Å². The van der Waals surface area contributed by atoms with Crippen LogP contribution in [0.3, 0.4) is 0 Å². The molecule has 2 aliphatic rings. The fourth-order valence-electron chi connectivity index (χ4n) is 5.52. The first-order valence-corrected chi connectivity index (χ1v) is 14.9. The van der Waals surface area contributed by atoms with E-state index in [-0.39, 0.29) is 18.6 Å². The normalized spacial score (nSPS) is 18.7. The van der Waals surface area contributed by atoms with Crippen LogP contribution in [0.25, 0.3) is 22.3 Å². The molecular formula is C28H26N2O4Si. The highest BCUT2D eigenvalue weighted by molar-refractivity contribution is 7.01. The lowest BCUT2D eigenvalue weighted by Gasteiger charge is -2.31. The fraction of sp³-hybridized carbons (Fsp3) is 0.250. The lowest BCUT2D eigenvalue weighted by atomic mass is 9.86. The van der Waals surface area contributed by atoms with Crippen LogP contribution < -0.4 is 15.9 Å². The third kappa shape index (κ3) is 3.01. The van der Waals surface area contributed by atoms with Crippen molar-refractivity contribution in [2.45, 2.75) is 45.2 Å². The largest absolute Gasteiger partial charge is 0.458 e. The zero-order valence-electron chi connectivity index (χ0n) is 20.0. The summed E-state index contributed by atoms with van der Waals surface area (Å²) in [6.45, 7) is 6.65. The molecule has 176 valence electrons. The number of hydrogen-bond donors (Lipinski definition) is 1. The smallest absolute Gasteiger partial charge is 0.343 e. The number of carbonyl (C=O) groups excluding carboxylic acids is 1. The van der Waals surface area contributed by atoms with E-state index in [1.54, 1.807) is 17.6 Å². The molecule has 0 unspecified atom stereocenters. The molecule has 1 N–H and O–H groups in total. The number of rotatable bonds is 3. The van der Waals surface area contributed by atoms with E-state index in [4.69, 9.17) is 9.72 Å². The second-order valence-electron chi connectivity index (χ2n) is 9.97. The van der Waals surface area contributed by atoms with Gasteiger partial charge in [0.2, 0.25) is 0 Å². The molecule has 7 heteroatoms. The highest BCUT2D eigenvalue weighted by atomic mass is 28.3. The third-order valence-electron chi connectivity index (χ3n) is 7.71. The number of fused-ring (bicyclic) bond motifs is 5. The number of hydrogen-bond acceptors (Lipinski definition) is 5. The van der Waals surface area contributed by atoms with Crippen molar-refractivity contribution in [2.75, 3.05) is 0 Å². The first kappa shape index (κ1) is 21.9. The average Bonchev–Trinajstić information content (AvgIpc) is 3.23. The summed E-state index contributed by atoms with van der Waals surface area (Å²) in [5.74, 6) is -0.709. The Labute approximate surface area is 203 Å². The predicted molar refractivity (Wildman–Crippen MR) is 138 cm³/mol. The number of aliphatic hydroxyl groups is 1. The SMILES string of the molecule is CC[C@@]1(O)C(=O)OCc2c1cc1n(c2=O)Cc2cc3cccc([Si](C)(C)c4ccccc4)c3nc2-1. The van der Waals surface area contributed by atoms with Crippen LogP contribution in [0.4, 0.5) is 0 Å². The average molecular weight is 483 g/mol. The molecular weight excluding hydrogens is 456 g/mol. The summed E-state index contributed by atoms with van der Waals surface area (Å²) in [4.78, 5) is 31.0. The first-order chi connectivity index (χ1) is 16.8. The van der Waals surface area contributed by atoms with Gasteiger partial charge in [0, 0.05) is 16.5 Å². The maximum absolute atomic E-state index is 13.4. The molecule has 35 heavy (non-hydrogen) atoms. The molecule has 6 nitrogen and oxygen atoms in total. The van der Waals surface area contributed by atoms with Crippen LogP contribution >= 0.6 is 0 Å². The van der Waals surface area contributed by atoms with Crippen molar-refractivity contribution >= 4 is 35.3 Å².